The number of ether oxygens (including phenoxy) is 2. The number of carbonyl (C=O) groups is 2. The molecule has 3 N–H and O–H groups in total. The van der Waals surface area contributed by atoms with E-state index >= 15 is 0 Å². The molecule has 1 aromatic heterocycles. The van der Waals surface area contributed by atoms with Crippen LogP contribution in [0.2, 0.25) is 0 Å². The third-order valence-corrected chi connectivity index (χ3v) is 3.32. The molecule has 2 aromatic rings. The summed E-state index contributed by atoms with van der Waals surface area (Å²) in [7, 11) is 1.55. The van der Waals surface area contributed by atoms with E-state index < -0.39 is 18.1 Å². The van der Waals surface area contributed by atoms with E-state index in [0.29, 0.717) is 5.75 Å². The first-order chi connectivity index (χ1) is 11.1. The number of aliphatic carboxylic acids is 1. The summed E-state index contributed by atoms with van der Waals surface area (Å²) in [4.78, 5) is 26.0. The maximum absolute atomic E-state index is 11.6. The van der Waals surface area contributed by atoms with Crippen LogP contribution < -0.4 is 10.1 Å². The van der Waals surface area contributed by atoms with Gasteiger partial charge in [0.25, 0.3) is 0 Å². The highest BCUT2D eigenvalue weighted by molar-refractivity contribution is 5.90. The molecule has 1 unspecified atom stereocenters. The Hall–Kier alpha value is -2.96. The number of aromatic nitrogens is 1. The third kappa shape index (κ3) is 3.82. The number of hydrogen-bond donors (Lipinski definition) is 3. The second-order valence-electron chi connectivity index (χ2n) is 4.82. The lowest BCUT2D eigenvalue weighted by atomic mass is 10.0. The number of nitrogens with one attached hydrogen (secondary N) is 2. The molecule has 1 aromatic carbocycles. The topological polar surface area (TPSA) is 101 Å². The van der Waals surface area contributed by atoms with Crippen molar-refractivity contribution in [3.63, 3.8) is 0 Å². The predicted octanol–water partition coefficient (Wildman–Crippen LogP) is 2.08. The number of rotatable bonds is 7. The highest BCUT2D eigenvalue weighted by Gasteiger charge is 2.23. The van der Waals surface area contributed by atoms with Gasteiger partial charge in [-0.3, -0.25) is 0 Å². The molecule has 0 bridgehead atoms. The fraction of sp³-hybridized carbons (Fsp3) is 0.250. The van der Waals surface area contributed by atoms with Crippen LogP contribution in [-0.2, 0) is 16.0 Å². The van der Waals surface area contributed by atoms with Crippen molar-refractivity contribution in [1.82, 2.24) is 10.3 Å². The summed E-state index contributed by atoms with van der Waals surface area (Å²) in [6.07, 6.45) is 2.41. The van der Waals surface area contributed by atoms with Gasteiger partial charge in [-0.05, 0) is 17.7 Å². The number of methoxy groups -OCH3 is 1. The fourth-order valence-corrected chi connectivity index (χ4v) is 2.29. The normalized spacial score (nSPS) is 11.7. The van der Waals surface area contributed by atoms with Crippen molar-refractivity contribution < 1.29 is 24.2 Å². The van der Waals surface area contributed by atoms with Crippen molar-refractivity contribution in [1.29, 1.82) is 0 Å². The van der Waals surface area contributed by atoms with Gasteiger partial charge in [-0.25, -0.2) is 9.59 Å². The summed E-state index contributed by atoms with van der Waals surface area (Å²) >= 11 is 0. The summed E-state index contributed by atoms with van der Waals surface area (Å²) in [6.45, 7) is 3.43. The molecule has 7 nitrogen and oxygen atoms in total. The molecule has 1 amide bonds. The van der Waals surface area contributed by atoms with Crippen LogP contribution in [0.15, 0.2) is 37.1 Å². The van der Waals surface area contributed by atoms with E-state index in [1.54, 1.807) is 19.4 Å². The minimum absolute atomic E-state index is 0.0130. The molecule has 0 aliphatic rings. The molecule has 2 rings (SSSR count). The van der Waals surface area contributed by atoms with Crippen LogP contribution in [0.4, 0.5) is 4.79 Å². The molecule has 0 aliphatic carbocycles. The molecular formula is C16H18N2O5. The summed E-state index contributed by atoms with van der Waals surface area (Å²) in [5, 5.41) is 12.4. The first kappa shape index (κ1) is 16.4. The quantitative estimate of drug-likeness (QED) is 0.679. The summed E-state index contributed by atoms with van der Waals surface area (Å²) in [5.74, 6) is -0.512. The van der Waals surface area contributed by atoms with Crippen molar-refractivity contribution in [2.24, 2.45) is 0 Å². The van der Waals surface area contributed by atoms with Crippen LogP contribution in [0.1, 0.15) is 5.56 Å². The summed E-state index contributed by atoms with van der Waals surface area (Å²) in [6, 6.07) is 4.38. The lowest BCUT2D eigenvalue weighted by Crippen LogP contribution is -2.42. The van der Waals surface area contributed by atoms with Gasteiger partial charge in [0, 0.05) is 23.5 Å². The Bertz CT molecular complexity index is 722. The van der Waals surface area contributed by atoms with Crippen molar-refractivity contribution in [3.05, 3.63) is 42.6 Å². The molecule has 122 valence electrons. The van der Waals surface area contributed by atoms with Gasteiger partial charge in [-0.1, -0.05) is 18.7 Å². The smallest absolute Gasteiger partial charge is 0.408 e. The van der Waals surface area contributed by atoms with E-state index in [0.717, 1.165) is 16.5 Å². The average Bonchev–Trinajstić information content (AvgIpc) is 2.95. The number of carbonyl (C=O) groups excluding carboxylic acids is 1. The van der Waals surface area contributed by atoms with Gasteiger partial charge >= 0.3 is 12.1 Å². The minimum atomic E-state index is -1.15. The standard InChI is InChI=1S/C16H18N2O5/c1-3-7-23-16(21)18-12(15(19)20)8-10-9-17-11-5-4-6-13(22-2)14(10)11/h3-6,9,12,17H,1,7-8H2,2H3,(H,18,21)(H,19,20). The SMILES string of the molecule is C=CCOC(=O)NC(Cc1c[nH]c2cccc(OC)c12)C(=O)O. The van der Waals surface area contributed by atoms with E-state index in [9.17, 15) is 14.7 Å². The lowest BCUT2D eigenvalue weighted by Gasteiger charge is -2.14. The van der Waals surface area contributed by atoms with Gasteiger partial charge in [-0.2, -0.15) is 0 Å². The number of amides is 1. The number of carboxylic acids is 1. The van der Waals surface area contributed by atoms with Crippen molar-refractivity contribution >= 4 is 23.0 Å². The number of fused-ring (bicyclic) bond motifs is 1. The number of H-pyrrole nitrogens is 1. The molecule has 0 radical (unpaired) electrons. The van der Waals surface area contributed by atoms with Crippen LogP contribution in [0.3, 0.4) is 0 Å². The predicted molar refractivity (Wildman–Crippen MR) is 84.7 cm³/mol. The molecule has 1 heterocycles. The second-order valence-corrected chi connectivity index (χ2v) is 4.82. The minimum Gasteiger partial charge on any atom is -0.496 e. The third-order valence-electron chi connectivity index (χ3n) is 3.32. The van der Waals surface area contributed by atoms with Crippen molar-refractivity contribution in [2.75, 3.05) is 13.7 Å². The zero-order valence-electron chi connectivity index (χ0n) is 12.7. The lowest BCUT2D eigenvalue weighted by molar-refractivity contribution is -0.139. The van der Waals surface area contributed by atoms with E-state index in [1.165, 1.54) is 6.08 Å². The first-order valence-corrected chi connectivity index (χ1v) is 6.96. The molecule has 23 heavy (non-hydrogen) atoms. The average molecular weight is 318 g/mol. The molecule has 0 saturated carbocycles. The molecule has 0 aliphatic heterocycles. The maximum Gasteiger partial charge on any atom is 0.408 e. The Kier molecular flexibility index (Phi) is 5.24. The Morgan fingerprint density at radius 1 is 1.48 bits per heavy atom. The molecule has 1 atom stereocenters. The molecular weight excluding hydrogens is 300 g/mol. The molecule has 0 saturated heterocycles. The Morgan fingerprint density at radius 3 is 2.91 bits per heavy atom. The van der Waals surface area contributed by atoms with Gasteiger partial charge < -0.3 is 24.9 Å². The molecule has 0 spiro atoms. The van der Waals surface area contributed by atoms with Crippen LogP contribution in [-0.4, -0.2) is 41.9 Å². The zero-order valence-corrected chi connectivity index (χ0v) is 12.7. The van der Waals surface area contributed by atoms with E-state index in [4.69, 9.17) is 9.47 Å². The number of hydrogen-bond acceptors (Lipinski definition) is 4. The largest absolute Gasteiger partial charge is 0.496 e. The maximum atomic E-state index is 11.6. The van der Waals surface area contributed by atoms with Crippen LogP contribution in [0.5, 0.6) is 5.75 Å². The first-order valence-electron chi connectivity index (χ1n) is 6.96. The number of aromatic amines is 1. The molecule has 7 heteroatoms. The Balaban J connectivity index is 2.22. The van der Waals surface area contributed by atoms with Crippen LogP contribution in [0.25, 0.3) is 10.9 Å². The van der Waals surface area contributed by atoms with Gasteiger partial charge in [0.1, 0.15) is 18.4 Å². The van der Waals surface area contributed by atoms with Gasteiger partial charge in [-0.15, -0.1) is 0 Å². The Morgan fingerprint density at radius 2 is 2.26 bits per heavy atom. The van der Waals surface area contributed by atoms with E-state index in [2.05, 4.69) is 16.9 Å². The second kappa shape index (κ2) is 7.35. The van der Waals surface area contributed by atoms with Gasteiger partial charge in [0.15, 0.2) is 0 Å². The monoisotopic (exact) mass is 318 g/mol. The van der Waals surface area contributed by atoms with Crippen LogP contribution >= 0.6 is 0 Å². The number of benzene rings is 1. The van der Waals surface area contributed by atoms with E-state index in [1.807, 2.05) is 12.1 Å². The Labute approximate surface area is 132 Å². The van der Waals surface area contributed by atoms with Gasteiger partial charge in [0.05, 0.1) is 7.11 Å². The number of alkyl carbamates (subject to hydrolysis) is 1. The molecule has 0 fully saturated rings. The number of carboxylic acid groups (broad SMARTS) is 1. The van der Waals surface area contributed by atoms with Gasteiger partial charge in [0.2, 0.25) is 0 Å². The zero-order chi connectivity index (χ0) is 16.8. The van der Waals surface area contributed by atoms with E-state index in [-0.39, 0.29) is 13.0 Å². The van der Waals surface area contributed by atoms with Crippen molar-refractivity contribution in [3.8, 4) is 5.75 Å². The fourth-order valence-electron chi connectivity index (χ4n) is 2.29. The summed E-state index contributed by atoms with van der Waals surface area (Å²) < 4.78 is 10.1. The highest BCUT2D eigenvalue weighted by Crippen LogP contribution is 2.29. The van der Waals surface area contributed by atoms with Crippen LogP contribution in [0, 0.1) is 0 Å². The summed E-state index contributed by atoms with van der Waals surface area (Å²) in [5.41, 5.74) is 1.56. The van der Waals surface area contributed by atoms with Crippen molar-refractivity contribution in [2.45, 2.75) is 12.5 Å². The highest BCUT2D eigenvalue weighted by atomic mass is 16.5.